The number of H-pyrrole nitrogens is 1. The van der Waals surface area contributed by atoms with Crippen LogP contribution in [-0.2, 0) is 6.42 Å². The van der Waals surface area contributed by atoms with Gasteiger partial charge in [0.1, 0.15) is 11.5 Å². The highest BCUT2D eigenvalue weighted by Crippen LogP contribution is 2.22. The summed E-state index contributed by atoms with van der Waals surface area (Å²) in [4.78, 5) is 27.8. The number of aromatic nitrogens is 1. The Hall–Kier alpha value is -3.28. The first-order valence-electron chi connectivity index (χ1n) is 9.06. The molecule has 146 valence electrons. The Kier molecular flexibility index (Phi) is 5.68. The number of hydrogen-bond donors (Lipinski definition) is 2. The number of aromatic amines is 1. The second-order valence-corrected chi connectivity index (χ2v) is 6.70. The molecule has 1 amide bonds. The zero-order chi connectivity index (χ0) is 20.3. The van der Waals surface area contributed by atoms with Crippen LogP contribution in [0, 0.1) is 13.8 Å². The standard InChI is InChI=1S/C22H24N2O4/c1-13-5-6-15-9-16(22(26)24-20(15)14(13)2)7-8-23-21(25)17-10-18(27-3)12-19(11-17)28-4/h5-6,9-12H,7-8H2,1-4H3,(H,23,25)(H,24,26). The Bertz CT molecular complexity index is 1060. The van der Waals surface area contributed by atoms with Gasteiger partial charge in [-0.25, -0.2) is 0 Å². The molecule has 0 aliphatic heterocycles. The van der Waals surface area contributed by atoms with Crippen LogP contribution in [0.5, 0.6) is 11.5 Å². The molecule has 1 aromatic heterocycles. The number of methoxy groups -OCH3 is 2. The van der Waals surface area contributed by atoms with Crippen molar-refractivity contribution in [2.24, 2.45) is 0 Å². The third-order valence-electron chi connectivity index (χ3n) is 4.92. The van der Waals surface area contributed by atoms with Crippen molar-refractivity contribution in [3.63, 3.8) is 0 Å². The minimum absolute atomic E-state index is 0.126. The van der Waals surface area contributed by atoms with Crippen LogP contribution in [0.15, 0.2) is 41.2 Å². The van der Waals surface area contributed by atoms with Crippen molar-refractivity contribution in [3.8, 4) is 11.5 Å². The SMILES string of the molecule is COc1cc(OC)cc(C(=O)NCCc2cc3ccc(C)c(C)c3[nH]c2=O)c1. The van der Waals surface area contributed by atoms with E-state index >= 15 is 0 Å². The number of benzene rings is 2. The van der Waals surface area contributed by atoms with Crippen LogP contribution in [0.1, 0.15) is 27.0 Å². The molecule has 0 atom stereocenters. The lowest BCUT2D eigenvalue weighted by Gasteiger charge is -2.10. The number of rotatable bonds is 6. The van der Waals surface area contributed by atoms with Crippen LogP contribution < -0.4 is 20.3 Å². The summed E-state index contributed by atoms with van der Waals surface area (Å²) in [6.45, 7) is 4.36. The van der Waals surface area contributed by atoms with Gasteiger partial charge in [-0.3, -0.25) is 9.59 Å². The second kappa shape index (κ2) is 8.17. The highest BCUT2D eigenvalue weighted by molar-refractivity contribution is 5.95. The highest BCUT2D eigenvalue weighted by Gasteiger charge is 2.11. The summed E-state index contributed by atoms with van der Waals surface area (Å²) >= 11 is 0. The van der Waals surface area contributed by atoms with Gasteiger partial charge in [0.05, 0.1) is 19.7 Å². The van der Waals surface area contributed by atoms with Crippen molar-refractivity contribution >= 4 is 16.8 Å². The van der Waals surface area contributed by atoms with Crippen LogP contribution in [0.25, 0.3) is 10.9 Å². The van der Waals surface area contributed by atoms with Crippen molar-refractivity contribution < 1.29 is 14.3 Å². The molecular weight excluding hydrogens is 356 g/mol. The van der Waals surface area contributed by atoms with Gasteiger partial charge in [-0.2, -0.15) is 0 Å². The van der Waals surface area contributed by atoms with Gasteiger partial charge in [0, 0.05) is 23.7 Å². The Morgan fingerprint density at radius 2 is 1.71 bits per heavy atom. The summed E-state index contributed by atoms with van der Waals surface area (Å²) in [5.74, 6) is 0.836. The first kappa shape index (κ1) is 19.5. The van der Waals surface area contributed by atoms with E-state index in [0.717, 1.165) is 22.0 Å². The van der Waals surface area contributed by atoms with E-state index in [9.17, 15) is 9.59 Å². The van der Waals surface area contributed by atoms with Crippen LogP contribution >= 0.6 is 0 Å². The predicted octanol–water partition coefficient (Wildman–Crippen LogP) is 3.13. The molecule has 0 aliphatic rings. The fourth-order valence-electron chi connectivity index (χ4n) is 3.11. The van der Waals surface area contributed by atoms with E-state index in [1.807, 2.05) is 32.0 Å². The summed E-state index contributed by atoms with van der Waals surface area (Å²) < 4.78 is 10.4. The molecule has 0 bridgehead atoms. The van der Waals surface area contributed by atoms with E-state index in [1.54, 1.807) is 18.2 Å². The van der Waals surface area contributed by atoms with Gasteiger partial charge < -0.3 is 19.8 Å². The Morgan fingerprint density at radius 1 is 1.04 bits per heavy atom. The number of nitrogens with one attached hydrogen (secondary N) is 2. The monoisotopic (exact) mass is 380 g/mol. The number of carbonyl (C=O) groups is 1. The molecule has 3 aromatic rings. The first-order chi connectivity index (χ1) is 13.4. The van der Waals surface area contributed by atoms with Gasteiger partial charge in [-0.15, -0.1) is 0 Å². The summed E-state index contributed by atoms with van der Waals surface area (Å²) in [5, 5.41) is 3.83. The molecule has 0 aliphatic carbocycles. The third kappa shape index (κ3) is 4.01. The van der Waals surface area contributed by atoms with Gasteiger partial charge in [-0.1, -0.05) is 12.1 Å². The molecule has 0 unspecified atom stereocenters. The number of ether oxygens (including phenoxy) is 2. The molecule has 0 spiro atoms. The summed E-state index contributed by atoms with van der Waals surface area (Å²) in [6.07, 6.45) is 0.436. The van der Waals surface area contributed by atoms with Crippen LogP contribution in [0.2, 0.25) is 0 Å². The van der Waals surface area contributed by atoms with Crippen molar-refractivity contribution in [1.29, 1.82) is 0 Å². The number of hydrogen-bond acceptors (Lipinski definition) is 4. The van der Waals surface area contributed by atoms with Crippen LogP contribution in [0.3, 0.4) is 0 Å². The average Bonchev–Trinajstić information content (AvgIpc) is 2.71. The molecule has 1 heterocycles. The lowest BCUT2D eigenvalue weighted by molar-refractivity contribution is 0.0953. The van der Waals surface area contributed by atoms with Gasteiger partial charge in [-0.05, 0) is 55.0 Å². The number of aryl methyl sites for hydroxylation is 2. The molecule has 6 heteroatoms. The lowest BCUT2D eigenvalue weighted by Crippen LogP contribution is -2.27. The normalized spacial score (nSPS) is 10.7. The molecule has 2 N–H and O–H groups in total. The third-order valence-corrected chi connectivity index (χ3v) is 4.92. The molecule has 3 rings (SSSR count). The molecule has 28 heavy (non-hydrogen) atoms. The van der Waals surface area contributed by atoms with Crippen molar-refractivity contribution in [1.82, 2.24) is 10.3 Å². The van der Waals surface area contributed by atoms with E-state index in [-0.39, 0.29) is 11.5 Å². The fourth-order valence-corrected chi connectivity index (χ4v) is 3.11. The molecule has 6 nitrogen and oxygen atoms in total. The molecule has 0 fully saturated rings. The topological polar surface area (TPSA) is 80.4 Å². The first-order valence-corrected chi connectivity index (χ1v) is 9.06. The average molecular weight is 380 g/mol. The summed E-state index contributed by atoms with van der Waals surface area (Å²) in [6, 6.07) is 10.9. The quantitative estimate of drug-likeness (QED) is 0.688. The molecule has 2 aromatic carbocycles. The molecule has 0 radical (unpaired) electrons. The van der Waals surface area contributed by atoms with E-state index in [1.165, 1.54) is 14.2 Å². The Balaban J connectivity index is 1.73. The zero-order valence-electron chi connectivity index (χ0n) is 16.5. The smallest absolute Gasteiger partial charge is 0.251 e. The van der Waals surface area contributed by atoms with Crippen LogP contribution in [-0.4, -0.2) is 31.7 Å². The van der Waals surface area contributed by atoms with Gasteiger partial charge in [0.15, 0.2) is 0 Å². The van der Waals surface area contributed by atoms with E-state index in [4.69, 9.17) is 9.47 Å². The number of amides is 1. The van der Waals surface area contributed by atoms with Crippen molar-refractivity contribution in [2.45, 2.75) is 20.3 Å². The van der Waals surface area contributed by atoms with E-state index < -0.39 is 0 Å². The minimum Gasteiger partial charge on any atom is -0.497 e. The van der Waals surface area contributed by atoms with Gasteiger partial charge in [0.25, 0.3) is 11.5 Å². The van der Waals surface area contributed by atoms with Crippen LogP contribution in [0.4, 0.5) is 0 Å². The van der Waals surface area contributed by atoms with Gasteiger partial charge in [0.2, 0.25) is 0 Å². The molecular formula is C22H24N2O4. The maximum Gasteiger partial charge on any atom is 0.251 e. The predicted molar refractivity (Wildman–Crippen MR) is 110 cm³/mol. The highest BCUT2D eigenvalue weighted by atomic mass is 16.5. The zero-order valence-corrected chi connectivity index (χ0v) is 16.5. The second-order valence-electron chi connectivity index (χ2n) is 6.70. The largest absolute Gasteiger partial charge is 0.497 e. The van der Waals surface area contributed by atoms with Crippen molar-refractivity contribution in [2.75, 3.05) is 20.8 Å². The molecule has 0 saturated carbocycles. The summed E-state index contributed by atoms with van der Waals surface area (Å²) in [7, 11) is 3.07. The Labute approximate surface area is 163 Å². The lowest BCUT2D eigenvalue weighted by atomic mass is 10.0. The fraction of sp³-hybridized carbons (Fsp3) is 0.273. The Morgan fingerprint density at radius 3 is 2.36 bits per heavy atom. The van der Waals surface area contributed by atoms with Gasteiger partial charge >= 0.3 is 0 Å². The maximum absolute atomic E-state index is 12.4. The number of pyridine rings is 1. The van der Waals surface area contributed by atoms with E-state index in [2.05, 4.69) is 10.3 Å². The van der Waals surface area contributed by atoms with Crippen molar-refractivity contribution in [3.05, 3.63) is 69.0 Å². The van der Waals surface area contributed by atoms with E-state index in [0.29, 0.717) is 35.6 Å². The summed E-state index contributed by atoms with van der Waals surface area (Å²) in [5.41, 5.74) is 4.02. The number of carbonyl (C=O) groups excluding carboxylic acids is 1. The molecule has 0 saturated heterocycles. The number of fused-ring (bicyclic) bond motifs is 1. The minimum atomic E-state index is -0.249. The maximum atomic E-state index is 12.4.